The molecule has 3 N–H and O–H groups in total. The molecule has 0 aliphatic heterocycles. The number of rotatable bonds is 7. The molecule has 130 valence electrons. The second-order valence-corrected chi connectivity index (χ2v) is 6.50. The van der Waals surface area contributed by atoms with E-state index in [1.807, 2.05) is 55.1 Å². The predicted molar refractivity (Wildman–Crippen MR) is 94.1 cm³/mol. The molecule has 0 spiro atoms. The summed E-state index contributed by atoms with van der Waals surface area (Å²) in [7, 11) is 0. The first-order valence-corrected chi connectivity index (χ1v) is 8.21. The Morgan fingerprint density at radius 1 is 1.29 bits per heavy atom. The Balaban J connectivity index is 1.75. The molecule has 24 heavy (non-hydrogen) atoms. The van der Waals surface area contributed by atoms with Gasteiger partial charge in [0.05, 0.1) is 17.5 Å². The lowest BCUT2D eigenvalue weighted by Crippen LogP contribution is -2.47. The van der Waals surface area contributed by atoms with E-state index in [-0.39, 0.29) is 18.5 Å². The number of hydrogen-bond donors (Lipinski definition) is 3. The quantitative estimate of drug-likeness (QED) is 0.727. The van der Waals surface area contributed by atoms with Crippen LogP contribution in [0.4, 0.5) is 4.79 Å². The third-order valence-electron chi connectivity index (χ3n) is 4.21. The first kappa shape index (κ1) is 18.0. The normalized spacial score (nSPS) is 13.5. The molecule has 2 rings (SSSR count). The number of nitrogens with zero attached hydrogens (tertiary/aromatic N) is 2. The zero-order chi connectivity index (χ0) is 17.6. The van der Waals surface area contributed by atoms with Gasteiger partial charge in [0.1, 0.15) is 0 Å². The van der Waals surface area contributed by atoms with Gasteiger partial charge in [-0.2, -0.15) is 5.10 Å². The van der Waals surface area contributed by atoms with Crippen LogP contribution >= 0.6 is 0 Å². The van der Waals surface area contributed by atoms with E-state index in [1.54, 1.807) is 13.1 Å². The lowest BCUT2D eigenvalue weighted by Gasteiger charge is -2.27. The van der Waals surface area contributed by atoms with Crippen LogP contribution in [0.5, 0.6) is 0 Å². The number of benzene rings is 1. The Bertz CT molecular complexity index is 650. The van der Waals surface area contributed by atoms with Crippen LogP contribution in [0.3, 0.4) is 0 Å². The summed E-state index contributed by atoms with van der Waals surface area (Å²) in [6, 6.07) is 9.61. The number of carbonyl (C=O) groups excluding carboxylic acids is 1. The average molecular weight is 330 g/mol. The van der Waals surface area contributed by atoms with Crippen molar-refractivity contribution in [2.45, 2.75) is 32.8 Å². The van der Waals surface area contributed by atoms with Crippen LogP contribution in [0.25, 0.3) is 5.69 Å². The van der Waals surface area contributed by atoms with Gasteiger partial charge in [0.2, 0.25) is 0 Å². The highest BCUT2D eigenvalue weighted by molar-refractivity contribution is 5.73. The van der Waals surface area contributed by atoms with Gasteiger partial charge in [0.25, 0.3) is 0 Å². The van der Waals surface area contributed by atoms with Crippen molar-refractivity contribution in [1.82, 2.24) is 20.4 Å². The monoisotopic (exact) mass is 330 g/mol. The first-order valence-electron chi connectivity index (χ1n) is 8.21. The van der Waals surface area contributed by atoms with Gasteiger partial charge < -0.3 is 15.7 Å². The van der Waals surface area contributed by atoms with Crippen molar-refractivity contribution >= 4 is 6.03 Å². The molecule has 1 atom stereocenters. The largest absolute Gasteiger partial charge is 0.388 e. The molecule has 2 amide bonds. The van der Waals surface area contributed by atoms with Crippen molar-refractivity contribution in [2.75, 3.05) is 13.1 Å². The van der Waals surface area contributed by atoms with E-state index in [0.717, 1.165) is 11.3 Å². The van der Waals surface area contributed by atoms with Crippen molar-refractivity contribution in [2.24, 2.45) is 5.92 Å². The van der Waals surface area contributed by atoms with Crippen molar-refractivity contribution in [3.63, 3.8) is 0 Å². The molecule has 0 aliphatic carbocycles. The molecule has 1 aromatic carbocycles. The van der Waals surface area contributed by atoms with Crippen LogP contribution in [-0.2, 0) is 6.42 Å². The zero-order valence-electron chi connectivity index (χ0n) is 14.5. The molecular weight excluding hydrogens is 304 g/mol. The molecule has 0 radical (unpaired) electrons. The molecule has 1 aromatic heterocycles. The van der Waals surface area contributed by atoms with Crippen LogP contribution in [0.1, 0.15) is 26.3 Å². The van der Waals surface area contributed by atoms with E-state index in [4.69, 9.17) is 0 Å². The van der Waals surface area contributed by atoms with Crippen LogP contribution < -0.4 is 10.6 Å². The molecule has 1 unspecified atom stereocenters. The number of carbonyl (C=O) groups is 1. The summed E-state index contributed by atoms with van der Waals surface area (Å²) in [6.07, 6.45) is 4.45. The predicted octanol–water partition coefficient (Wildman–Crippen LogP) is 2.12. The van der Waals surface area contributed by atoms with E-state index in [0.29, 0.717) is 13.0 Å². The average Bonchev–Trinajstić information content (AvgIpc) is 3.03. The molecule has 2 aromatic rings. The Morgan fingerprint density at radius 2 is 2.00 bits per heavy atom. The number of aromatic nitrogens is 2. The van der Waals surface area contributed by atoms with Crippen molar-refractivity contribution in [3.8, 4) is 5.69 Å². The van der Waals surface area contributed by atoms with E-state index < -0.39 is 5.60 Å². The van der Waals surface area contributed by atoms with E-state index in [9.17, 15) is 9.90 Å². The minimum Gasteiger partial charge on any atom is -0.388 e. The van der Waals surface area contributed by atoms with Gasteiger partial charge in [0.15, 0.2) is 0 Å². The summed E-state index contributed by atoms with van der Waals surface area (Å²) < 4.78 is 1.81. The molecule has 1 heterocycles. The van der Waals surface area contributed by atoms with E-state index >= 15 is 0 Å². The molecule has 0 aliphatic rings. The number of hydrogen-bond acceptors (Lipinski definition) is 3. The third kappa shape index (κ3) is 5.09. The molecule has 0 saturated carbocycles. The Kier molecular flexibility index (Phi) is 5.98. The summed E-state index contributed by atoms with van der Waals surface area (Å²) in [5, 5.41) is 19.9. The number of para-hydroxylation sites is 1. The minimum atomic E-state index is -0.909. The highest BCUT2D eigenvalue weighted by atomic mass is 16.3. The van der Waals surface area contributed by atoms with Gasteiger partial charge in [-0.3, -0.25) is 0 Å². The number of aliphatic hydroxyl groups is 1. The first-order chi connectivity index (χ1) is 11.4. The highest BCUT2D eigenvalue weighted by Gasteiger charge is 2.25. The molecule has 6 nitrogen and oxygen atoms in total. The lowest BCUT2D eigenvalue weighted by molar-refractivity contribution is 0.0166. The number of nitrogens with one attached hydrogen (secondary N) is 2. The Morgan fingerprint density at radius 3 is 2.67 bits per heavy atom. The van der Waals surface area contributed by atoms with E-state index in [1.165, 1.54) is 0 Å². The zero-order valence-corrected chi connectivity index (χ0v) is 14.5. The smallest absolute Gasteiger partial charge is 0.314 e. The molecule has 6 heteroatoms. The summed E-state index contributed by atoms with van der Waals surface area (Å²) in [5.41, 5.74) is 1.15. The van der Waals surface area contributed by atoms with Gasteiger partial charge in [-0.05, 0) is 37.0 Å². The molecule has 0 fully saturated rings. The Labute approximate surface area is 142 Å². The summed E-state index contributed by atoms with van der Waals surface area (Å²) in [6.45, 7) is 6.29. The number of amides is 2. The summed E-state index contributed by atoms with van der Waals surface area (Å²) >= 11 is 0. The maximum atomic E-state index is 11.8. The van der Waals surface area contributed by atoms with Crippen LogP contribution in [0.2, 0.25) is 0 Å². The molecule has 0 saturated heterocycles. The van der Waals surface area contributed by atoms with Crippen molar-refractivity contribution in [1.29, 1.82) is 0 Å². The van der Waals surface area contributed by atoms with Crippen LogP contribution in [-0.4, -0.2) is 39.6 Å². The fourth-order valence-corrected chi connectivity index (χ4v) is 2.06. The van der Waals surface area contributed by atoms with Gasteiger partial charge in [-0.25, -0.2) is 9.48 Å². The van der Waals surface area contributed by atoms with Crippen LogP contribution in [0, 0.1) is 5.92 Å². The van der Waals surface area contributed by atoms with Gasteiger partial charge in [-0.1, -0.05) is 32.0 Å². The SMILES string of the molecule is CC(C)C(C)(O)CNC(=O)NCCc1cnn(-c2ccccc2)c1. The summed E-state index contributed by atoms with van der Waals surface area (Å²) in [4.78, 5) is 11.8. The molecular formula is C18H26N4O2. The van der Waals surface area contributed by atoms with E-state index in [2.05, 4.69) is 15.7 Å². The molecule has 0 bridgehead atoms. The van der Waals surface area contributed by atoms with Crippen LogP contribution in [0.15, 0.2) is 42.7 Å². The maximum absolute atomic E-state index is 11.8. The maximum Gasteiger partial charge on any atom is 0.314 e. The minimum absolute atomic E-state index is 0.0709. The third-order valence-corrected chi connectivity index (χ3v) is 4.21. The van der Waals surface area contributed by atoms with Crippen molar-refractivity contribution in [3.05, 3.63) is 48.3 Å². The van der Waals surface area contributed by atoms with Gasteiger partial charge in [0, 0.05) is 19.3 Å². The van der Waals surface area contributed by atoms with Gasteiger partial charge in [-0.15, -0.1) is 0 Å². The summed E-state index contributed by atoms with van der Waals surface area (Å²) in [5.74, 6) is 0.0709. The second-order valence-electron chi connectivity index (χ2n) is 6.50. The Hall–Kier alpha value is -2.34. The fraction of sp³-hybridized carbons (Fsp3) is 0.444. The second kappa shape index (κ2) is 7.97. The lowest BCUT2D eigenvalue weighted by atomic mass is 9.93. The van der Waals surface area contributed by atoms with Gasteiger partial charge >= 0.3 is 6.03 Å². The highest BCUT2D eigenvalue weighted by Crippen LogP contribution is 2.14. The number of urea groups is 1. The topological polar surface area (TPSA) is 79.2 Å². The fourth-order valence-electron chi connectivity index (χ4n) is 2.06. The standard InChI is InChI=1S/C18H26N4O2/c1-14(2)18(3,24)13-20-17(23)19-10-9-15-11-21-22(12-15)16-7-5-4-6-8-16/h4-8,11-12,14,24H,9-10,13H2,1-3H3,(H2,19,20,23). The van der Waals surface area contributed by atoms with Crippen molar-refractivity contribution < 1.29 is 9.90 Å².